The molecule has 12 atom stereocenters. The van der Waals surface area contributed by atoms with E-state index in [-0.39, 0.29) is 22.9 Å². The third-order valence-electron chi connectivity index (χ3n) is 16.9. The highest BCUT2D eigenvalue weighted by atomic mass is 16.5. The lowest BCUT2D eigenvalue weighted by atomic mass is 9.32. The van der Waals surface area contributed by atoms with E-state index >= 15 is 0 Å². The zero-order chi connectivity index (χ0) is 31.4. The largest absolute Gasteiger partial charge is 0.465 e. The van der Waals surface area contributed by atoms with Gasteiger partial charge >= 0.3 is 5.97 Å². The highest BCUT2D eigenvalue weighted by Gasteiger charge is 2.70. The van der Waals surface area contributed by atoms with E-state index in [4.69, 9.17) is 4.74 Å². The summed E-state index contributed by atoms with van der Waals surface area (Å²) in [4.78, 5) is 13.2. The van der Waals surface area contributed by atoms with Gasteiger partial charge in [0.25, 0.3) is 0 Å². The van der Waals surface area contributed by atoms with Gasteiger partial charge < -0.3 is 9.84 Å². The molecule has 3 heteroatoms. The summed E-state index contributed by atoms with van der Waals surface area (Å²) in [7, 11) is 0. The van der Waals surface area contributed by atoms with Gasteiger partial charge in [-0.05, 0) is 167 Å². The Morgan fingerprint density at radius 1 is 0.907 bits per heavy atom. The van der Waals surface area contributed by atoms with E-state index in [1.807, 2.05) is 13.8 Å². The fourth-order valence-corrected chi connectivity index (χ4v) is 13.5. The summed E-state index contributed by atoms with van der Waals surface area (Å²) in [6.45, 7) is 26.5. The molecule has 12 unspecified atom stereocenters. The van der Waals surface area contributed by atoms with Crippen LogP contribution in [0.2, 0.25) is 0 Å². The van der Waals surface area contributed by atoms with Crippen LogP contribution in [-0.2, 0) is 9.53 Å². The third kappa shape index (κ3) is 4.52. The number of allylic oxidation sites excluding steroid dienone is 1. The second-order valence-corrected chi connectivity index (χ2v) is 19.3. The van der Waals surface area contributed by atoms with Crippen LogP contribution < -0.4 is 0 Å². The first kappa shape index (κ1) is 32.1. The first-order valence-electron chi connectivity index (χ1n) is 18.5. The molecule has 1 N–H and O–H groups in total. The van der Waals surface area contributed by atoms with Crippen molar-refractivity contribution in [1.29, 1.82) is 0 Å². The standard InChI is InChI=1S/C40H66O3/c1-11-35(4,5)34(42)43-24-40-19-15-27(25(2)3)33(40)30-12-13-31-37(8)17-14-26-22-32(41)36(6,7)23-28(26)29(37)16-18-39(31,10)38(30,9)20-21-40/h26-33,41H,2,11-24H2,1,3-10H3. The summed E-state index contributed by atoms with van der Waals surface area (Å²) in [6.07, 6.45) is 15.9. The van der Waals surface area contributed by atoms with Gasteiger partial charge in [0.1, 0.15) is 0 Å². The molecule has 3 nitrogen and oxygen atoms in total. The molecule has 6 rings (SSSR count). The van der Waals surface area contributed by atoms with Crippen LogP contribution in [0.3, 0.4) is 0 Å². The Balaban J connectivity index is 1.30. The molecule has 0 heterocycles. The number of fused-ring (bicyclic) bond motifs is 9. The maximum atomic E-state index is 13.2. The van der Waals surface area contributed by atoms with Crippen LogP contribution in [0.4, 0.5) is 0 Å². The van der Waals surface area contributed by atoms with Gasteiger partial charge in [0.15, 0.2) is 0 Å². The molecule has 0 amide bonds. The monoisotopic (exact) mass is 595 g/mol. The number of carbonyl (C=O) groups is 1. The summed E-state index contributed by atoms with van der Waals surface area (Å²) < 4.78 is 6.29. The van der Waals surface area contributed by atoms with E-state index in [1.165, 1.54) is 76.2 Å². The molecule has 0 saturated heterocycles. The summed E-state index contributed by atoms with van der Waals surface area (Å²) in [5.41, 5.74) is 2.20. The normalized spacial score (nSPS) is 50.4. The fraction of sp³-hybridized carbons (Fsp3) is 0.925. The van der Waals surface area contributed by atoms with Gasteiger partial charge in [-0.25, -0.2) is 0 Å². The number of hydrogen-bond acceptors (Lipinski definition) is 3. The summed E-state index contributed by atoms with van der Waals surface area (Å²) in [5, 5.41) is 11.0. The maximum Gasteiger partial charge on any atom is 0.311 e. The molecule has 6 fully saturated rings. The van der Waals surface area contributed by atoms with Gasteiger partial charge in [0, 0.05) is 5.41 Å². The molecular formula is C40H66O3. The van der Waals surface area contributed by atoms with E-state index in [0.29, 0.717) is 40.6 Å². The van der Waals surface area contributed by atoms with Gasteiger partial charge in [-0.3, -0.25) is 4.79 Å². The SMILES string of the molecule is C=C(C)C1CCC2(COC(=O)C(C)(C)CC)CCC3(C)C(CCC4C5(C)CCC6CC(O)C(C)(C)CC6C5CCC43C)C12. The molecule has 6 aliphatic rings. The quantitative estimate of drug-likeness (QED) is 0.254. The van der Waals surface area contributed by atoms with Crippen molar-refractivity contribution in [3.8, 4) is 0 Å². The Morgan fingerprint density at radius 2 is 1.63 bits per heavy atom. The van der Waals surface area contributed by atoms with Crippen molar-refractivity contribution in [2.45, 2.75) is 152 Å². The number of esters is 1. The van der Waals surface area contributed by atoms with Crippen LogP contribution in [0.5, 0.6) is 0 Å². The van der Waals surface area contributed by atoms with Gasteiger partial charge in [0.2, 0.25) is 0 Å². The van der Waals surface area contributed by atoms with Crippen molar-refractivity contribution in [1.82, 2.24) is 0 Å². The number of hydrogen-bond donors (Lipinski definition) is 1. The number of ether oxygens (including phenoxy) is 1. The van der Waals surface area contributed by atoms with E-state index in [1.54, 1.807) is 0 Å². The van der Waals surface area contributed by atoms with Crippen molar-refractivity contribution >= 4 is 5.97 Å². The minimum Gasteiger partial charge on any atom is -0.465 e. The molecule has 244 valence electrons. The summed E-state index contributed by atoms with van der Waals surface area (Å²) >= 11 is 0. The highest BCUT2D eigenvalue weighted by Crippen LogP contribution is 2.77. The van der Waals surface area contributed by atoms with Crippen LogP contribution >= 0.6 is 0 Å². The Bertz CT molecular complexity index is 1120. The second-order valence-electron chi connectivity index (χ2n) is 19.3. The van der Waals surface area contributed by atoms with Gasteiger partial charge in [-0.2, -0.15) is 0 Å². The molecule has 0 bridgehead atoms. The highest BCUT2D eigenvalue weighted by molar-refractivity contribution is 5.75. The first-order valence-corrected chi connectivity index (χ1v) is 18.5. The molecule has 0 aliphatic heterocycles. The number of rotatable bonds is 5. The maximum absolute atomic E-state index is 13.2. The van der Waals surface area contributed by atoms with Gasteiger partial charge in [0.05, 0.1) is 18.1 Å². The van der Waals surface area contributed by atoms with Crippen LogP contribution in [0.1, 0.15) is 146 Å². The zero-order valence-corrected chi connectivity index (χ0v) is 29.5. The molecule has 6 aliphatic carbocycles. The smallest absolute Gasteiger partial charge is 0.311 e. The third-order valence-corrected chi connectivity index (χ3v) is 16.9. The van der Waals surface area contributed by atoms with Crippen LogP contribution in [0.15, 0.2) is 12.2 Å². The summed E-state index contributed by atoms with van der Waals surface area (Å²) in [5.74, 6) is 4.93. The lowest BCUT2D eigenvalue weighted by molar-refractivity contribution is -0.243. The molecular weight excluding hydrogens is 528 g/mol. The average molecular weight is 595 g/mol. The van der Waals surface area contributed by atoms with Crippen LogP contribution in [-0.4, -0.2) is 23.8 Å². The van der Waals surface area contributed by atoms with Crippen molar-refractivity contribution in [2.24, 2.45) is 73.9 Å². The van der Waals surface area contributed by atoms with E-state index in [2.05, 4.69) is 55.0 Å². The minimum atomic E-state index is -0.411. The molecule has 43 heavy (non-hydrogen) atoms. The molecule has 0 spiro atoms. The Hall–Kier alpha value is -0.830. The van der Waals surface area contributed by atoms with Crippen LogP contribution in [0.25, 0.3) is 0 Å². The number of aliphatic hydroxyl groups excluding tert-OH is 1. The van der Waals surface area contributed by atoms with Crippen LogP contribution in [0, 0.1) is 73.9 Å². The van der Waals surface area contributed by atoms with Crippen molar-refractivity contribution in [3.63, 3.8) is 0 Å². The van der Waals surface area contributed by atoms with E-state index < -0.39 is 5.41 Å². The predicted molar refractivity (Wildman–Crippen MR) is 176 cm³/mol. The topological polar surface area (TPSA) is 46.5 Å². The number of carbonyl (C=O) groups excluding carboxylic acids is 1. The average Bonchev–Trinajstić information content (AvgIpc) is 3.33. The molecule has 0 aromatic rings. The van der Waals surface area contributed by atoms with E-state index in [9.17, 15) is 9.90 Å². The lowest BCUT2D eigenvalue weighted by Crippen LogP contribution is -2.66. The van der Waals surface area contributed by atoms with Crippen molar-refractivity contribution in [2.75, 3.05) is 6.61 Å². The molecule has 0 radical (unpaired) electrons. The van der Waals surface area contributed by atoms with Gasteiger partial charge in [-0.15, -0.1) is 0 Å². The Labute approximate surface area is 264 Å². The molecule has 0 aromatic heterocycles. The fourth-order valence-electron chi connectivity index (χ4n) is 13.5. The summed E-state index contributed by atoms with van der Waals surface area (Å²) in [6, 6.07) is 0. The predicted octanol–water partition coefficient (Wildman–Crippen LogP) is 10.0. The minimum absolute atomic E-state index is 0.00818. The first-order chi connectivity index (χ1) is 20.0. The zero-order valence-electron chi connectivity index (χ0n) is 29.5. The van der Waals surface area contributed by atoms with E-state index in [0.717, 1.165) is 36.5 Å². The molecule has 0 aromatic carbocycles. The van der Waals surface area contributed by atoms with Crippen molar-refractivity contribution < 1.29 is 14.6 Å². The Morgan fingerprint density at radius 3 is 2.30 bits per heavy atom. The second kappa shape index (κ2) is 10.3. The molecule has 6 saturated carbocycles. The Kier molecular flexibility index (Phi) is 7.72. The van der Waals surface area contributed by atoms with Crippen molar-refractivity contribution in [3.05, 3.63) is 12.2 Å². The number of aliphatic hydroxyl groups is 1. The lowest BCUT2D eigenvalue weighted by Gasteiger charge is -2.72. The van der Waals surface area contributed by atoms with Gasteiger partial charge in [-0.1, -0.05) is 53.7 Å².